The molecule has 3 unspecified atom stereocenters. The Bertz CT molecular complexity index is 3970. The highest BCUT2D eigenvalue weighted by molar-refractivity contribution is 6.99. The number of rotatable bonds is 7. The van der Waals surface area contributed by atoms with Crippen LogP contribution in [0.4, 0.5) is 34.1 Å². The summed E-state index contributed by atoms with van der Waals surface area (Å²) < 4.78 is 6.44. The molecule has 4 heteroatoms. The third-order valence-corrected chi connectivity index (χ3v) is 21.2. The van der Waals surface area contributed by atoms with Gasteiger partial charge in [-0.3, -0.25) is 0 Å². The summed E-state index contributed by atoms with van der Waals surface area (Å²) in [4.78, 5) is 5.25. The number of benzene rings is 9. The van der Waals surface area contributed by atoms with Crippen LogP contribution in [-0.2, 0) is 33.7 Å². The highest BCUT2D eigenvalue weighted by Crippen LogP contribution is 2.67. The first-order valence-electron chi connectivity index (χ1n) is 31.7. The van der Waals surface area contributed by atoms with Crippen molar-refractivity contribution in [1.82, 2.24) is 0 Å². The van der Waals surface area contributed by atoms with Crippen LogP contribution in [0.3, 0.4) is 0 Å². The molecule has 2 aliphatic carbocycles. The second kappa shape index (κ2) is 19.5. The number of fused-ring (bicyclic) bond motifs is 10. The molecule has 0 N–H and O–H groups in total. The topological polar surface area (TPSA) is 15.7 Å². The summed E-state index contributed by atoms with van der Waals surface area (Å²) in [6, 6.07) is 74.3. The number of hydrogen-bond acceptors (Lipinski definition) is 3. The molecular weight excluding hydrogens is 1030 g/mol. The van der Waals surface area contributed by atoms with Gasteiger partial charge in [-0.15, -0.1) is 0 Å². The van der Waals surface area contributed by atoms with E-state index in [2.05, 4.69) is 295 Å². The van der Waals surface area contributed by atoms with Gasteiger partial charge in [0.2, 0.25) is 6.71 Å². The SMILES string of the molecule is CC(C)(C)c1ccc(C(c2ccc(C(C)(C)C)cc2)c2ccc3c(c2)B2c4cccc5c4C(c4cc(N(c6ccc(C(C)(C)C)cc6)c6ccc(C(C)(C)C)cc6)cc(c42)N3c2ccc3c(c2)-c2ccccc2OC3)C2(C)CCCCC52C)cc1. The van der Waals surface area contributed by atoms with Gasteiger partial charge in [0.25, 0.3) is 0 Å². The Morgan fingerprint density at radius 1 is 0.494 bits per heavy atom. The second-order valence-corrected chi connectivity index (χ2v) is 30.5. The van der Waals surface area contributed by atoms with Gasteiger partial charge in [-0.25, -0.2) is 0 Å². The first-order valence-corrected chi connectivity index (χ1v) is 31.7. The number of ether oxygens (including phenoxy) is 1. The zero-order chi connectivity index (χ0) is 59.3. The van der Waals surface area contributed by atoms with Crippen molar-refractivity contribution in [1.29, 1.82) is 0 Å². The summed E-state index contributed by atoms with van der Waals surface area (Å²) >= 11 is 0. The van der Waals surface area contributed by atoms with E-state index in [1.807, 2.05) is 0 Å². The van der Waals surface area contributed by atoms with E-state index in [9.17, 15) is 0 Å². The van der Waals surface area contributed by atoms with Crippen LogP contribution in [-0.4, -0.2) is 6.71 Å². The average Bonchev–Trinajstić information content (AvgIpc) is 1.59. The fraction of sp³-hybridized carbons (Fsp3) is 0.333. The van der Waals surface area contributed by atoms with Crippen LogP contribution < -0.4 is 30.9 Å². The van der Waals surface area contributed by atoms with E-state index in [-0.39, 0.29) is 51.0 Å². The minimum absolute atomic E-state index is 0.000605. The van der Waals surface area contributed by atoms with Crippen molar-refractivity contribution in [3.63, 3.8) is 0 Å². The largest absolute Gasteiger partial charge is 0.488 e. The standard InChI is InChI=1S/C81H85BN2O/c1-76(2,3)55-30-24-51(25-31-55)72(52-26-32-56(33-27-52)77(4,5)6)53-29-43-69-68(46-53)82-67-22-19-21-66-73(67)74(81(14)45-18-17-44-80(66,81)13)65-48-62(83(59-39-34-57(35-40-59)78(7,8)9)60-41-36-58(37-42-60)79(10,11)12)49-70(75(65)82)84(69)61-38-28-54-50-85-71-23-16-15-20-63(71)64(54)47-61/h15-16,19-43,46-49,72,74H,17-18,44-45,50H2,1-14H3. The molecular formula is C81H85BN2O. The van der Waals surface area contributed by atoms with E-state index in [0.717, 1.165) is 28.4 Å². The summed E-state index contributed by atoms with van der Waals surface area (Å²) in [6.07, 6.45) is 4.90. The Balaban J connectivity index is 1.07. The number of nitrogens with zero attached hydrogens (tertiary/aromatic N) is 2. The molecule has 0 radical (unpaired) electrons. The molecule has 9 aromatic rings. The van der Waals surface area contributed by atoms with E-state index in [4.69, 9.17) is 4.74 Å². The summed E-state index contributed by atoms with van der Waals surface area (Å²) in [5, 5.41) is 0. The summed E-state index contributed by atoms with van der Waals surface area (Å²) in [5.74, 6) is 1.15. The lowest BCUT2D eigenvalue weighted by molar-refractivity contribution is 0.0926. The third kappa shape index (κ3) is 8.88. The molecule has 14 rings (SSSR count). The van der Waals surface area contributed by atoms with Crippen LogP contribution in [0.15, 0.2) is 188 Å². The zero-order valence-electron chi connectivity index (χ0n) is 53.0. The maximum Gasteiger partial charge on any atom is 0.247 e. The predicted molar refractivity (Wildman–Crippen MR) is 361 cm³/mol. The Kier molecular flexibility index (Phi) is 12.7. The first-order chi connectivity index (χ1) is 40.4. The Morgan fingerprint density at radius 3 is 1.64 bits per heavy atom. The normalized spacial score (nSPS) is 19.3. The van der Waals surface area contributed by atoms with Crippen molar-refractivity contribution in [2.24, 2.45) is 5.41 Å². The maximum atomic E-state index is 6.44. The molecule has 9 aromatic carbocycles. The molecule has 0 saturated heterocycles. The summed E-state index contributed by atoms with van der Waals surface area (Å²) in [6.45, 7) is 33.7. The van der Waals surface area contributed by atoms with E-state index in [0.29, 0.717) is 6.61 Å². The van der Waals surface area contributed by atoms with Gasteiger partial charge in [0.1, 0.15) is 12.4 Å². The third-order valence-electron chi connectivity index (χ3n) is 21.2. The smallest absolute Gasteiger partial charge is 0.247 e. The van der Waals surface area contributed by atoms with Crippen molar-refractivity contribution < 1.29 is 4.74 Å². The minimum atomic E-state index is -0.00618. The summed E-state index contributed by atoms with van der Waals surface area (Å²) in [7, 11) is 0. The van der Waals surface area contributed by atoms with Gasteiger partial charge in [-0.1, -0.05) is 243 Å². The number of hydrogen-bond donors (Lipinski definition) is 0. The molecule has 1 fully saturated rings. The average molecular weight is 1110 g/mol. The lowest BCUT2D eigenvalue weighted by Gasteiger charge is -2.51. The maximum absolute atomic E-state index is 6.44. The predicted octanol–water partition coefficient (Wildman–Crippen LogP) is 19.7. The first kappa shape index (κ1) is 55.3. The van der Waals surface area contributed by atoms with Crippen LogP contribution in [0.25, 0.3) is 11.1 Å². The van der Waals surface area contributed by atoms with Crippen LogP contribution in [0.5, 0.6) is 5.75 Å². The molecule has 5 aliphatic rings. The van der Waals surface area contributed by atoms with Crippen LogP contribution in [0, 0.1) is 5.41 Å². The lowest BCUT2D eigenvalue weighted by Crippen LogP contribution is -2.62. The fourth-order valence-corrected chi connectivity index (χ4v) is 16.1. The van der Waals surface area contributed by atoms with Crippen molar-refractivity contribution in [3.8, 4) is 16.9 Å². The van der Waals surface area contributed by atoms with Gasteiger partial charge in [0, 0.05) is 51.5 Å². The van der Waals surface area contributed by atoms with Gasteiger partial charge in [0.15, 0.2) is 0 Å². The van der Waals surface area contributed by atoms with E-state index < -0.39 is 0 Å². The van der Waals surface area contributed by atoms with Crippen molar-refractivity contribution in [2.75, 3.05) is 9.80 Å². The van der Waals surface area contributed by atoms with Crippen LogP contribution in [0.1, 0.15) is 196 Å². The van der Waals surface area contributed by atoms with Gasteiger partial charge < -0.3 is 14.5 Å². The molecule has 0 amide bonds. The highest BCUT2D eigenvalue weighted by Gasteiger charge is 2.62. The molecule has 0 aromatic heterocycles. The van der Waals surface area contributed by atoms with Gasteiger partial charge >= 0.3 is 0 Å². The lowest BCUT2D eigenvalue weighted by atomic mass is 9.30. The quantitative estimate of drug-likeness (QED) is 0.117. The van der Waals surface area contributed by atoms with Crippen molar-refractivity contribution in [3.05, 3.63) is 249 Å². The van der Waals surface area contributed by atoms with E-state index in [1.165, 1.54) is 115 Å². The highest BCUT2D eigenvalue weighted by atomic mass is 16.5. The molecule has 85 heavy (non-hydrogen) atoms. The Hall–Kier alpha value is -7.56. The van der Waals surface area contributed by atoms with Crippen molar-refractivity contribution in [2.45, 2.75) is 168 Å². The fourth-order valence-electron chi connectivity index (χ4n) is 16.1. The van der Waals surface area contributed by atoms with E-state index >= 15 is 0 Å². The number of anilines is 6. The van der Waals surface area contributed by atoms with Crippen LogP contribution in [0.2, 0.25) is 0 Å². The van der Waals surface area contributed by atoms with Gasteiger partial charge in [0.05, 0.1) is 0 Å². The molecule has 1 saturated carbocycles. The molecule has 3 atom stereocenters. The molecule has 0 bridgehead atoms. The van der Waals surface area contributed by atoms with Gasteiger partial charge in [-0.2, -0.15) is 0 Å². The monoisotopic (exact) mass is 1110 g/mol. The molecule has 3 nitrogen and oxygen atoms in total. The molecule has 3 aliphatic heterocycles. The van der Waals surface area contributed by atoms with Crippen LogP contribution >= 0.6 is 0 Å². The Morgan fingerprint density at radius 2 is 1.05 bits per heavy atom. The zero-order valence-corrected chi connectivity index (χ0v) is 53.0. The molecule has 3 heterocycles. The summed E-state index contributed by atoms with van der Waals surface area (Å²) in [5.41, 5.74) is 29.1. The van der Waals surface area contributed by atoms with Crippen molar-refractivity contribution >= 4 is 57.2 Å². The minimum Gasteiger partial charge on any atom is -0.488 e. The molecule has 0 spiro atoms. The number of para-hydroxylation sites is 1. The van der Waals surface area contributed by atoms with Gasteiger partial charge in [-0.05, 0) is 184 Å². The second-order valence-electron chi connectivity index (χ2n) is 30.5. The molecule has 428 valence electrons. The Labute approximate surface area is 508 Å². The van der Waals surface area contributed by atoms with E-state index in [1.54, 1.807) is 11.1 Å².